The van der Waals surface area contributed by atoms with Crippen molar-refractivity contribution in [2.24, 2.45) is 5.92 Å². The Hall–Kier alpha value is -3.29. The molecule has 3 unspecified atom stereocenters. The Kier molecular flexibility index (Phi) is 8.46. The lowest BCUT2D eigenvalue weighted by atomic mass is 9.73. The van der Waals surface area contributed by atoms with E-state index in [2.05, 4.69) is 23.9 Å². The standard InChI is InChI=1S/C30H35N3O7S2/c1-18(2)13-14-30(40-17-19-9-5-4-6-10-19)23-12-8-7-11-21(23)25(34)24(26(30)35)28-33(37)27-22(29(36)41-28)15-20(16-31-27)32-42(3,38)39/h4-12,15,18,28-29,31-32,34,36-37H,13-14,16-17H2,1-3H3. The van der Waals surface area contributed by atoms with Gasteiger partial charge in [-0.1, -0.05) is 80.2 Å². The number of carbonyl (C=O) groups is 1. The SMILES string of the molecule is CC(C)CCC1(OCc2ccccc2)C(=O)C(C2SC(O)C3=C(NCC(NS(C)(=O)=O)=C3)N2O)=C(O)c2ccccc21. The fourth-order valence-electron chi connectivity index (χ4n) is 5.45. The van der Waals surface area contributed by atoms with E-state index in [9.17, 15) is 28.6 Å². The number of benzene rings is 2. The van der Waals surface area contributed by atoms with Crippen LogP contribution in [-0.2, 0) is 31.8 Å². The van der Waals surface area contributed by atoms with Gasteiger partial charge in [-0.3, -0.25) is 14.7 Å². The smallest absolute Gasteiger partial charge is 0.229 e. The highest BCUT2D eigenvalue weighted by Gasteiger charge is 2.53. The van der Waals surface area contributed by atoms with Gasteiger partial charge < -0.3 is 20.3 Å². The molecule has 42 heavy (non-hydrogen) atoms. The largest absolute Gasteiger partial charge is 0.507 e. The van der Waals surface area contributed by atoms with Crippen LogP contribution in [0.1, 0.15) is 43.4 Å². The molecular formula is C30H35N3O7S2. The van der Waals surface area contributed by atoms with Crippen molar-refractivity contribution < 1.29 is 33.4 Å². The van der Waals surface area contributed by atoms with E-state index in [1.165, 1.54) is 6.08 Å². The van der Waals surface area contributed by atoms with Crippen LogP contribution in [0.3, 0.4) is 0 Å². The Labute approximate surface area is 249 Å². The van der Waals surface area contributed by atoms with E-state index in [1.54, 1.807) is 24.3 Å². The van der Waals surface area contributed by atoms with Crippen LogP contribution in [0.15, 0.2) is 83.3 Å². The molecule has 0 fully saturated rings. The fourth-order valence-corrected chi connectivity index (χ4v) is 7.21. The number of hydrogen-bond acceptors (Lipinski definition) is 10. The average Bonchev–Trinajstić information content (AvgIpc) is 2.95. The van der Waals surface area contributed by atoms with Gasteiger partial charge in [0.1, 0.15) is 22.4 Å². The highest BCUT2D eigenvalue weighted by Crippen LogP contribution is 2.49. The summed E-state index contributed by atoms with van der Waals surface area (Å²) in [5.41, 5.74) is -0.429. The Bertz CT molecular complexity index is 1570. The summed E-state index contributed by atoms with van der Waals surface area (Å²) in [5, 5.41) is 36.6. The Morgan fingerprint density at radius 1 is 1.17 bits per heavy atom. The summed E-state index contributed by atoms with van der Waals surface area (Å²) >= 11 is 0.846. The molecule has 2 heterocycles. The minimum Gasteiger partial charge on any atom is -0.507 e. The van der Waals surface area contributed by atoms with Crippen molar-refractivity contribution in [1.29, 1.82) is 0 Å². The number of hydroxylamine groups is 2. The maximum atomic E-state index is 14.7. The van der Waals surface area contributed by atoms with Crippen LogP contribution in [0.5, 0.6) is 0 Å². The van der Waals surface area contributed by atoms with Gasteiger partial charge in [0, 0.05) is 22.4 Å². The average molecular weight is 614 g/mol. The van der Waals surface area contributed by atoms with Gasteiger partial charge in [-0.05, 0) is 30.4 Å². The number of rotatable bonds is 9. The maximum absolute atomic E-state index is 14.7. The number of fused-ring (bicyclic) bond motifs is 1. The zero-order chi connectivity index (χ0) is 30.2. The summed E-state index contributed by atoms with van der Waals surface area (Å²) in [6, 6.07) is 16.6. The zero-order valence-corrected chi connectivity index (χ0v) is 25.2. The lowest BCUT2D eigenvalue weighted by Gasteiger charge is -2.44. The molecule has 12 heteroatoms. The Morgan fingerprint density at radius 3 is 2.55 bits per heavy atom. The molecule has 2 aromatic carbocycles. The van der Waals surface area contributed by atoms with Crippen molar-refractivity contribution >= 4 is 33.3 Å². The maximum Gasteiger partial charge on any atom is 0.229 e. The van der Waals surface area contributed by atoms with E-state index >= 15 is 0 Å². The van der Waals surface area contributed by atoms with E-state index in [4.69, 9.17) is 4.74 Å². The van der Waals surface area contributed by atoms with Crippen LogP contribution in [0.2, 0.25) is 0 Å². The zero-order valence-electron chi connectivity index (χ0n) is 23.6. The molecule has 0 radical (unpaired) electrons. The van der Waals surface area contributed by atoms with Crippen molar-refractivity contribution in [3.63, 3.8) is 0 Å². The number of aliphatic hydroxyl groups is 2. The molecule has 0 aromatic heterocycles. The van der Waals surface area contributed by atoms with E-state index in [1.807, 2.05) is 30.3 Å². The molecule has 224 valence electrons. The van der Waals surface area contributed by atoms with Gasteiger partial charge in [-0.15, -0.1) is 0 Å². The van der Waals surface area contributed by atoms with Gasteiger partial charge >= 0.3 is 0 Å². The lowest BCUT2D eigenvalue weighted by Crippen LogP contribution is -2.51. The van der Waals surface area contributed by atoms with E-state index in [-0.39, 0.29) is 47.5 Å². The second kappa shape index (κ2) is 11.8. The molecular weight excluding hydrogens is 578 g/mol. The molecule has 0 amide bonds. The van der Waals surface area contributed by atoms with E-state index in [0.717, 1.165) is 28.6 Å². The van der Waals surface area contributed by atoms with Gasteiger partial charge in [-0.2, -0.15) is 0 Å². The van der Waals surface area contributed by atoms with Gasteiger partial charge in [0.15, 0.2) is 5.60 Å². The van der Waals surface area contributed by atoms with Crippen LogP contribution in [0.4, 0.5) is 0 Å². The number of hydrogen-bond donors (Lipinski definition) is 5. The molecule has 10 nitrogen and oxygen atoms in total. The summed E-state index contributed by atoms with van der Waals surface area (Å²) in [4.78, 5) is 14.7. The second-order valence-electron chi connectivity index (χ2n) is 11.1. The molecule has 5 N–H and O–H groups in total. The number of Topliss-reactive ketones (excluding diaryl/α,β-unsaturated/α-hetero) is 1. The minimum atomic E-state index is -3.56. The monoisotopic (exact) mass is 613 g/mol. The second-order valence-corrected chi connectivity index (χ2v) is 14.0. The van der Waals surface area contributed by atoms with E-state index in [0.29, 0.717) is 24.0 Å². The third-order valence-corrected chi connectivity index (χ3v) is 9.31. The molecule has 1 aliphatic carbocycles. The normalized spacial score (nSPS) is 24.3. The first-order valence-electron chi connectivity index (χ1n) is 13.6. The predicted molar refractivity (Wildman–Crippen MR) is 160 cm³/mol. The summed E-state index contributed by atoms with van der Waals surface area (Å²) in [6.07, 6.45) is 3.46. The third-order valence-electron chi connectivity index (χ3n) is 7.47. The lowest BCUT2D eigenvalue weighted by molar-refractivity contribution is -0.149. The summed E-state index contributed by atoms with van der Waals surface area (Å²) in [5.74, 6) is -0.423. The number of dihydropyridines is 1. The quantitative estimate of drug-likeness (QED) is 0.283. The van der Waals surface area contributed by atoms with Gasteiger partial charge in [0.2, 0.25) is 15.8 Å². The summed E-state index contributed by atoms with van der Waals surface area (Å²) in [7, 11) is -3.56. The number of nitrogens with zero attached hydrogens (tertiary/aromatic N) is 1. The molecule has 5 rings (SSSR count). The van der Waals surface area contributed by atoms with Crippen molar-refractivity contribution in [2.45, 2.75) is 49.7 Å². The molecule has 0 bridgehead atoms. The molecule has 0 saturated heterocycles. The number of carbonyl (C=O) groups excluding carboxylic acids is 1. The van der Waals surface area contributed by atoms with Gasteiger partial charge in [-0.25, -0.2) is 13.5 Å². The van der Waals surface area contributed by atoms with Crippen molar-refractivity contribution in [3.8, 4) is 0 Å². The highest BCUT2D eigenvalue weighted by molar-refractivity contribution is 8.00. The van der Waals surface area contributed by atoms with Crippen LogP contribution < -0.4 is 10.0 Å². The Balaban J connectivity index is 1.58. The topological polar surface area (TPSA) is 148 Å². The number of aliphatic hydroxyl groups excluding tert-OH is 2. The van der Waals surface area contributed by atoms with Gasteiger partial charge in [0.05, 0.1) is 25.0 Å². The number of thioether (sulfide) groups is 1. The molecule has 3 aliphatic rings. The first kappa shape index (κ1) is 30.2. The van der Waals surface area contributed by atoms with Gasteiger partial charge in [0.25, 0.3) is 0 Å². The van der Waals surface area contributed by atoms with E-state index < -0.39 is 32.2 Å². The Morgan fingerprint density at radius 2 is 1.86 bits per heavy atom. The van der Waals surface area contributed by atoms with Crippen LogP contribution in [0.25, 0.3) is 5.76 Å². The van der Waals surface area contributed by atoms with Crippen LogP contribution >= 0.6 is 11.8 Å². The number of sulfonamides is 1. The number of ether oxygens (including phenoxy) is 1. The number of ketones is 1. The van der Waals surface area contributed by atoms with Crippen LogP contribution in [0, 0.1) is 5.92 Å². The molecule has 0 spiro atoms. The fraction of sp³-hybridized carbons (Fsp3) is 0.367. The summed E-state index contributed by atoms with van der Waals surface area (Å²) < 4.78 is 32.4. The molecule has 3 atom stereocenters. The number of nitrogens with one attached hydrogen (secondary N) is 2. The first-order valence-corrected chi connectivity index (χ1v) is 16.5. The molecule has 2 aliphatic heterocycles. The third kappa shape index (κ3) is 5.82. The highest BCUT2D eigenvalue weighted by atomic mass is 32.2. The molecule has 2 aromatic rings. The van der Waals surface area contributed by atoms with Crippen molar-refractivity contribution in [2.75, 3.05) is 12.8 Å². The molecule has 0 saturated carbocycles. The van der Waals surface area contributed by atoms with Crippen LogP contribution in [-0.4, -0.2) is 58.3 Å². The predicted octanol–water partition coefficient (Wildman–Crippen LogP) is 3.72. The minimum absolute atomic E-state index is 0.0212. The van der Waals surface area contributed by atoms with Crippen molar-refractivity contribution in [1.82, 2.24) is 15.1 Å². The first-order chi connectivity index (χ1) is 19.9. The summed E-state index contributed by atoms with van der Waals surface area (Å²) in [6.45, 7) is 4.29. The van der Waals surface area contributed by atoms with Crippen molar-refractivity contribution in [3.05, 3.63) is 100 Å².